The van der Waals surface area contributed by atoms with E-state index in [0.29, 0.717) is 12.5 Å². The predicted molar refractivity (Wildman–Crippen MR) is 94.3 cm³/mol. The van der Waals surface area contributed by atoms with Gasteiger partial charge in [0.1, 0.15) is 11.5 Å². The number of benzene rings is 2. The highest BCUT2D eigenvalue weighted by Crippen LogP contribution is 2.34. The highest BCUT2D eigenvalue weighted by molar-refractivity contribution is 5.76. The third kappa shape index (κ3) is 6.22. The number of halogens is 4. The van der Waals surface area contributed by atoms with Crippen molar-refractivity contribution in [2.45, 2.75) is 19.0 Å². The van der Waals surface area contributed by atoms with Crippen LogP contribution in [-0.4, -0.2) is 23.9 Å². The molecule has 150 valence electrons. The van der Waals surface area contributed by atoms with Crippen molar-refractivity contribution in [3.05, 3.63) is 69.5 Å². The maximum absolute atomic E-state index is 13.1. The molecule has 2 rings (SSSR count). The summed E-state index contributed by atoms with van der Waals surface area (Å²) in [6.45, 7) is 0.278. The second kappa shape index (κ2) is 9.16. The van der Waals surface area contributed by atoms with E-state index in [1.54, 1.807) is 12.1 Å². The monoisotopic (exact) mass is 399 g/mol. The summed E-state index contributed by atoms with van der Waals surface area (Å²) in [5.74, 6) is -0.718. The van der Waals surface area contributed by atoms with Gasteiger partial charge in [-0.2, -0.15) is 13.2 Å². The molecule has 2 N–H and O–H groups in total. The molecule has 0 saturated heterocycles. The van der Waals surface area contributed by atoms with E-state index in [0.717, 1.165) is 17.7 Å². The van der Waals surface area contributed by atoms with Crippen LogP contribution in [-0.2, 0) is 17.4 Å². The molecule has 0 aliphatic carbocycles. The summed E-state index contributed by atoms with van der Waals surface area (Å²) in [4.78, 5) is 21.9. The molecule has 0 radical (unpaired) electrons. The van der Waals surface area contributed by atoms with Gasteiger partial charge < -0.3 is 10.6 Å². The van der Waals surface area contributed by atoms with E-state index in [4.69, 9.17) is 0 Å². The maximum Gasteiger partial charge on any atom is 0.416 e. The Labute approximate surface area is 157 Å². The lowest BCUT2D eigenvalue weighted by Crippen LogP contribution is -2.27. The third-order valence-electron chi connectivity index (χ3n) is 3.81. The molecule has 2 aromatic carbocycles. The third-order valence-corrected chi connectivity index (χ3v) is 3.81. The van der Waals surface area contributed by atoms with Crippen LogP contribution >= 0.6 is 0 Å². The zero-order valence-electron chi connectivity index (χ0n) is 14.6. The van der Waals surface area contributed by atoms with E-state index in [1.165, 1.54) is 12.1 Å². The highest BCUT2D eigenvalue weighted by Gasteiger charge is 2.33. The van der Waals surface area contributed by atoms with Crippen molar-refractivity contribution in [1.29, 1.82) is 0 Å². The molecular weight excluding hydrogens is 382 g/mol. The van der Waals surface area contributed by atoms with Crippen molar-refractivity contribution >= 4 is 17.3 Å². The van der Waals surface area contributed by atoms with Gasteiger partial charge in [-0.3, -0.25) is 14.9 Å². The Bertz CT molecular complexity index is 856. The van der Waals surface area contributed by atoms with Crippen LogP contribution in [0.5, 0.6) is 0 Å². The van der Waals surface area contributed by atoms with Crippen LogP contribution in [0.25, 0.3) is 0 Å². The smallest absolute Gasteiger partial charge is 0.379 e. The Kier molecular flexibility index (Phi) is 6.91. The minimum Gasteiger partial charge on any atom is -0.379 e. The van der Waals surface area contributed by atoms with E-state index >= 15 is 0 Å². The zero-order valence-corrected chi connectivity index (χ0v) is 14.6. The van der Waals surface area contributed by atoms with Crippen molar-refractivity contribution in [3.8, 4) is 0 Å². The fourth-order valence-electron chi connectivity index (χ4n) is 2.45. The van der Waals surface area contributed by atoms with Gasteiger partial charge in [-0.15, -0.1) is 0 Å². The number of rotatable bonds is 8. The van der Waals surface area contributed by atoms with Crippen LogP contribution < -0.4 is 10.6 Å². The van der Waals surface area contributed by atoms with E-state index in [9.17, 15) is 32.5 Å². The minimum absolute atomic E-state index is 0.00198. The van der Waals surface area contributed by atoms with Crippen molar-refractivity contribution in [2.75, 3.05) is 18.4 Å². The van der Waals surface area contributed by atoms with Gasteiger partial charge in [-0.05, 0) is 36.2 Å². The van der Waals surface area contributed by atoms with Crippen molar-refractivity contribution in [1.82, 2.24) is 5.32 Å². The topological polar surface area (TPSA) is 84.3 Å². The Morgan fingerprint density at radius 3 is 2.50 bits per heavy atom. The SMILES string of the molecule is O=C(CCNc1ccc(C(F)(F)F)cc1[N+](=O)[O-])NCCc1cccc(F)c1. The van der Waals surface area contributed by atoms with Crippen LogP contribution in [0.4, 0.5) is 28.9 Å². The number of nitro groups is 1. The lowest BCUT2D eigenvalue weighted by molar-refractivity contribution is -0.384. The van der Waals surface area contributed by atoms with Crippen LogP contribution in [0.15, 0.2) is 42.5 Å². The molecule has 0 fully saturated rings. The van der Waals surface area contributed by atoms with Crippen LogP contribution in [0, 0.1) is 15.9 Å². The number of hydrogen-bond donors (Lipinski definition) is 2. The molecule has 0 aliphatic rings. The van der Waals surface area contributed by atoms with Gasteiger partial charge in [0.05, 0.1) is 10.5 Å². The fraction of sp³-hybridized carbons (Fsp3) is 0.278. The first-order valence-corrected chi connectivity index (χ1v) is 8.27. The van der Waals surface area contributed by atoms with Gasteiger partial charge in [0.2, 0.25) is 5.91 Å². The number of nitro benzene ring substituents is 1. The van der Waals surface area contributed by atoms with Gasteiger partial charge in [-0.25, -0.2) is 4.39 Å². The van der Waals surface area contributed by atoms with Gasteiger partial charge >= 0.3 is 6.18 Å². The number of anilines is 1. The molecule has 0 aromatic heterocycles. The minimum atomic E-state index is -4.69. The van der Waals surface area contributed by atoms with Gasteiger partial charge in [0.25, 0.3) is 5.69 Å². The normalized spacial score (nSPS) is 11.1. The number of carbonyl (C=O) groups is 1. The number of nitrogens with one attached hydrogen (secondary N) is 2. The van der Waals surface area contributed by atoms with E-state index in [2.05, 4.69) is 10.6 Å². The second-order valence-electron chi connectivity index (χ2n) is 5.89. The van der Waals surface area contributed by atoms with Crippen molar-refractivity contribution in [3.63, 3.8) is 0 Å². The molecular formula is C18H17F4N3O3. The molecule has 1 amide bonds. The lowest BCUT2D eigenvalue weighted by Gasteiger charge is -2.11. The van der Waals surface area contributed by atoms with Crippen LogP contribution in [0.3, 0.4) is 0 Å². The van der Waals surface area contributed by atoms with E-state index < -0.39 is 22.4 Å². The average Bonchev–Trinajstić information content (AvgIpc) is 2.61. The molecule has 10 heteroatoms. The molecule has 0 bridgehead atoms. The summed E-state index contributed by atoms with van der Waals surface area (Å²) >= 11 is 0. The van der Waals surface area contributed by atoms with E-state index in [1.807, 2.05) is 0 Å². The van der Waals surface area contributed by atoms with Gasteiger partial charge in [0, 0.05) is 25.6 Å². The van der Waals surface area contributed by atoms with Gasteiger partial charge in [0.15, 0.2) is 0 Å². The number of alkyl halides is 3. The van der Waals surface area contributed by atoms with Crippen molar-refractivity contribution in [2.24, 2.45) is 0 Å². The number of nitrogens with zero attached hydrogens (tertiary/aromatic N) is 1. The Morgan fingerprint density at radius 1 is 1.11 bits per heavy atom. The quantitative estimate of drug-likeness (QED) is 0.400. The van der Waals surface area contributed by atoms with Crippen LogP contribution in [0.1, 0.15) is 17.5 Å². The Morgan fingerprint density at radius 2 is 1.86 bits per heavy atom. The molecule has 2 aromatic rings. The zero-order chi connectivity index (χ0) is 20.7. The summed E-state index contributed by atoms with van der Waals surface area (Å²) in [6.07, 6.45) is -4.30. The highest BCUT2D eigenvalue weighted by atomic mass is 19.4. The van der Waals surface area contributed by atoms with Crippen LogP contribution in [0.2, 0.25) is 0 Å². The molecule has 0 spiro atoms. The summed E-state index contributed by atoms with van der Waals surface area (Å²) < 4.78 is 51.1. The average molecular weight is 399 g/mol. The van der Waals surface area contributed by atoms with Crippen molar-refractivity contribution < 1.29 is 27.3 Å². The molecule has 0 aliphatic heterocycles. The molecule has 28 heavy (non-hydrogen) atoms. The van der Waals surface area contributed by atoms with E-state index in [-0.39, 0.29) is 36.9 Å². The molecule has 6 nitrogen and oxygen atoms in total. The molecule has 0 heterocycles. The number of hydrogen-bond acceptors (Lipinski definition) is 4. The molecule has 0 saturated carbocycles. The number of carbonyl (C=O) groups excluding carboxylic acids is 1. The Hall–Kier alpha value is -3.17. The maximum atomic E-state index is 13.1. The first-order valence-electron chi connectivity index (χ1n) is 8.27. The van der Waals surface area contributed by atoms with Gasteiger partial charge in [-0.1, -0.05) is 12.1 Å². The summed E-state index contributed by atoms with van der Waals surface area (Å²) in [5, 5.41) is 16.2. The predicted octanol–water partition coefficient (Wildman–Crippen LogP) is 3.91. The standard InChI is InChI=1S/C18H17F4N3O3/c19-14-3-1-2-12(10-14)6-8-24-17(26)7-9-23-15-5-4-13(18(20,21)22)11-16(15)25(27)28/h1-5,10-11,23H,6-9H2,(H,24,26). The summed E-state index contributed by atoms with van der Waals surface area (Å²) in [6, 6.07) is 8.10. The molecule has 0 unspecified atom stereocenters. The first-order chi connectivity index (χ1) is 13.2. The Balaban J connectivity index is 1.83. The number of amides is 1. The summed E-state index contributed by atoms with van der Waals surface area (Å²) in [7, 11) is 0. The molecule has 0 atom stereocenters. The largest absolute Gasteiger partial charge is 0.416 e. The summed E-state index contributed by atoms with van der Waals surface area (Å²) in [5.41, 5.74) is -1.23. The second-order valence-corrected chi connectivity index (χ2v) is 5.89. The lowest BCUT2D eigenvalue weighted by atomic mass is 10.1. The fourth-order valence-corrected chi connectivity index (χ4v) is 2.45. The first kappa shape index (κ1) is 21.1.